The lowest BCUT2D eigenvalue weighted by atomic mass is 10.2. The van der Waals surface area contributed by atoms with Gasteiger partial charge in [0.05, 0.1) is 16.6 Å². The van der Waals surface area contributed by atoms with Crippen LogP contribution in [0.4, 0.5) is 0 Å². The van der Waals surface area contributed by atoms with E-state index in [-0.39, 0.29) is 11.6 Å². The second-order valence-corrected chi connectivity index (χ2v) is 8.87. The molecule has 0 amide bonds. The summed E-state index contributed by atoms with van der Waals surface area (Å²) in [5.41, 5.74) is 2.97. The van der Waals surface area contributed by atoms with E-state index < -0.39 is 0 Å². The van der Waals surface area contributed by atoms with E-state index in [0.717, 1.165) is 27.8 Å². The monoisotopic (exact) mass is 413 g/mol. The molecule has 0 spiro atoms. The van der Waals surface area contributed by atoms with Crippen molar-refractivity contribution >= 4 is 45.3 Å². The minimum atomic E-state index is 0.0367. The fraction of sp³-hybridized carbons (Fsp3) is 0.250. The van der Waals surface area contributed by atoms with Gasteiger partial charge in [-0.15, -0.1) is 11.3 Å². The van der Waals surface area contributed by atoms with Crippen molar-refractivity contribution in [3.8, 4) is 10.6 Å². The van der Waals surface area contributed by atoms with Crippen molar-refractivity contribution in [3.05, 3.63) is 62.5 Å². The summed E-state index contributed by atoms with van der Waals surface area (Å²) >= 11 is 4.92. The highest BCUT2D eigenvalue weighted by atomic mass is 32.2. The summed E-state index contributed by atoms with van der Waals surface area (Å²) in [5, 5.41) is 8.74. The molecule has 0 unspecified atom stereocenters. The summed E-state index contributed by atoms with van der Waals surface area (Å²) < 4.78 is 1.83. The molecule has 3 heterocycles. The first-order valence-corrected chi connectivity index (χ1v) is 11.6. The summed E-state index contributed by atoms with van der Waals surface area (Å²) in [6, 6.07) is 9.76. The van der Waals surface area contributed by atoms with E-state index in [4.69, 9.17) is 9.97 Å². The van der Waals surface area contributed by atoms with Gasteiger partial charge >= 0.3 is 0 Å². The summed E-state index contributed by atoms with van der Waals surface area (Å²) in [6.45, 7) is 4.16. The molecule has 1 aromatic carbocycles. The van der Waals surface area contributed by atoms with Crippen molar-refractivity contribution in [2.75, 3.05) is 0 Å². The number of hydrogen-bond donors (Lipinski definition) is 0. The third-order valence-corrected chi connectivity index (χ3v) is 7.09. The third kappa shape index (κ3) is 3.72. The van der Waals surface area contributed by atoms with Gasteiger partial charge < -0.3 is 0 Å². The number of nitrogens with zero attached hydrogens (tertiary/aromatic N) is 3. The number of benzene rings is 1. The number of aromatic nitrogens is 3. The topological polar surface area (TPSA) is 47.8 Å². The Balaban J connectivity index is 1.66. The Kier molecular flexibility index (Phi) is 5.43. The van der Waals surface area contributed by atoms with Gasteiger partial charge in [0.1, 0.15) is 5.01 Å². The average Bonchev–Trinajstić information content (AvgIpc) is 3.37. The Morgan fingerprint density at radius 2 is 2.04 bits per heavy atom. The first-order valence-electron chi connectivity index (χ1n) is 8.78. The number of thioether (sulfide) groups is 1. The van der Waals surface area contributed by atoms with Crippen LogP contribution in [-0.2, 0) is 5.75 Å². The maximum Gasteiger partial charge on any atom is 0.262 e. The number of para-hydroxylation sites is 1. The van der Waals surface area contributed by atoms with Crippen molar-refractivity contribution in [1.82, 2.24) is 14.5 Å². The van der Waals surface area contributed by atoms with Crippen molar-refractivity contribution in [1.29, 1.82) is 0 Å². The SMILES string of the molecule is CC[C@@H](C)n1c(SCc2csc(-c3ccsc3)n2)nc2ccccc2c1=O. The second kappa shape index (κ2) is 7.96. The van der Waals surface area contributed by atoms with Gasteiger partial charge in [0, 0.05) is 28.1 Å². The Labute approximate surface area is 169 Å². The molecule has 4 aromatic rings. The lowest BCUT2D eigenvalue weighted by Gasteiger charge is -2.18. The third-order valence-electron chi connectivity index (χ3n) is 4.48. The second-order valence-electron chi connectivity index (χ2n) is 6.29. The van der Waals surface area contributed by atoms with Gasteiger partial charge in [0.25, 0.3) is 5.56 Å². The quantitative estimate of drug-likeness (QED) is 0.294. The summed E-state index contributed by atoms with van der Waals surface area (Å²) in [6.07, 6.45) is 0.881. The molecule has 0 radical (unpaired) electrons. The Bertz CT molecular complexity index is 1120. The standard InChI is InChI=1S/C20H19N3OS3/c1-3-13(2)23-19(24)16-6-4-5-7-17(16)22-20(23)27-12-15-11-26-18(21-15)14-8-9-25-10-14/h4-11,13H,3,12H2,1-2H3/t13-/m1/s1. The van der Waals surface area contributed by atoms with Gasteiger partial charge in [0.2, 0.25) is 0 Å². The van der Waals surface area contributed by atoms with Crippen LogP contribution in [0, 0.1) is 0 Å². The maximum atomic E-state index is 13.0. The van der Waals surface area contributed by atoms with Gasteiger partial charge in [-0.25, -0.2) is 9.97 Å². The number of thiophene rings is 1. The largest absolute Gasteiger partial charge is 0.284 e. The van der Waals surface area contributed by atoms with E-state index in [0.29, 0.717) is 11.1 Å². The van der Waals surface area contributed by atoms with Crippen LogP contribution >= 0.6 is 34.4 Å². The summed E-state index contributed by atoms with van der Waals surface area (Å²) in [4.78, 5) is 22.5. The molecule has 3 aromatic heterocycles. The van der Waals surface area contributed by atoms with E-state index in [1.54, 1.807) is 34.4 Å². The molecule has 27 heavy (non-hydrogen) atoms. The average molecular weight is 414 g/mol. The van der Waals surface area contributed by atoms with Crippen molar-refractivity contribution in [3.63, 3.8) is 0 Å². The first kappa shape index (κ1) is 18.4. The van der Waals surface area contributed by atoms with E-state index in [9.17, 15) is 4.79 Å². The minimum Gasteiger partial charge on any atom is -0.284 e. The van der Waals surface area contributed by atoms with Crippen LogP contribution in [0.5, 0.6) is 0 Å². The van der Waals surface area contributed by atoms with Crippen LogP contribution in [0.1, 0.15) is 32.0 Å². The smallest absolute Gasteiger partial charge is 0.262 e. The molecule has 138 valence electrons. The molecule has 0 saturated heterocycles. The molecule has 0 saturated carbocycles. The molecule has 0 aliphatic rings. The van der Waals surface area contributed by atoms with Crippen molar-refractivity contribution in [2.45, 2.75) is 37.2 Å². The van der Waals surface area contributed by atoms with Gasteiger partial charge in [-0.1, -0.05) is 30.8 Å². The minimum absolute atomic E-state index is 0.0367. The molecule has 0 fully saturated rings. The lowest BCUT2D eigenvalue weighted by Crippen LogP contribution is -2.26. The molecule has 4 rings (SSSR count). The Hall–Kier alpha value is -1.96. The highest BCUT2D eigenvalue weighted by Crippen LogP contribution is 2.29. The van der Waals surface area contributed by atoms with Gasteiger partial charge in [0.15, 0.2) is 5.16 Å². The summed E-state index contributed by atoms with van der Waals surface area (Å²) in [5.74, 6) is 0.696. The molecular weight excluding hydrogens is 394 g/mol. The van der Waals surface area contributed by atoms with Gasteiger partial charge in [-0.2, -0.15) is 11.3 Å². The molecular formula is C20H19N3OS3. The van der Waals surface area contributed by atoms with Crippen LogP contribution in [-0.4, -0.2) is 14.5 Å². The van der Waals surface area contributed by atoms with E-state index >= 15 is 0 Å². The first-order chi connectivity index (χ1) is 13.2. The van der Waals surface area contributed by atoms with E-state index in [2.05, 4.69) is 36.1 Å². The molecule has 7 heteroatoms. The predicted molar refractivity (Wildman–Crippen MR) is 116 cm³/mol. The van der Waals surface area contributed by atoms with Crippen LogP contribution in [0.15, 0.2) is 56.4 Å². The lowest BCUT2D eigenvalue weighted by molar-refractivity contribution is 0.468. The number of thiazole rings is 1. The highest BCUT2D eigenvalue weighted by Gasteiger charge is 2.16. The molecule has 0 aliphatic carbocycles. The Morgan fingerprint density at radius 3 is 2.81 bits per heavy atom. The van der Waals surface area contributed by atoms with Gasteiger partial charge in [-0.3, -0.25) is 9.36 Å². The highest BCUT2D eigenvalue weighted by molar-refractivity contribution is 7.98. The summed E-state index contributed by atoms with van der Waals surface area (Å²) in [7, 11) is 0. The van der Waals surface area contributed by atoms with Crippen LogP contribution in [0.3, 0.4) is 0 Å². The molecule has 0 aliphatic heterocycles. The zero-order valence-electron chi connectivity index (χ0n) is 15.1. The van der Waals surface area contributed by atoms with Crippen molar-refractivity contribution in [2.24, 2.45) is 0 Å². The molecule has 4 nitrogen and oxygen atoms in total. The van der Waals surface area contributed by atoms with Crippen LogP contribution in [0.2, 0.25) is 0 Å². The molecule has 1 atom stereocenters. The van der Waals surface area contributed by atoms with Crippen molar-refractivity contribution < 1.29 is 0 Å². The molecule has 0 N–H and O–H groups in total. The number of fused-ring (bicyclic) bond motifs is 1. The van der Waals surface area contributed by atoms with E-state index in [1.165, 1.54) is 5.56 Å². The predicted octanol–water partition coefficient (Wildman–Crippen LogP) is 5.84. The Morgan fingerprint density at radius 1 is 1.19 bits per heavy atom. The maximum absolute atomic E-state index is 13.0. The number of hydrogen-bond acceptors (Lipinski definition) is 6. The number of rotatable bonds is 6. The molecule has 0 bridgehead atoms. The van der Waals surface area contributed by atoms with Crippen LogP contribution < -0.4 is 5.56 Å². The fourth-order valence-electron chi connectivity index (χ4n) is 2.83. The zero-order chi connectivity index (χ0) is 18.8. The fourth-order valence-corrected chi connectivity index (χ4v) is 5.46. The van der Waals surface area contributed by atoms with E-state index in [1.807, 2.05) is 28.8 Å². The zero-order valence-corrected chi connectivity index (χ0v) is 17.5. The van der Waals surface area contributed by atoms with Crippen LogP contribution in [0.25, 0.3) is 21.5 Å². The normalized spacial score (nSPS) is 12.5. The van der Waals surface area contributed by atoms with Gasteiger partial charge in [-0.05, 0) is 36.9 Å².